The molecule has 1 unspecified atom stereocenters. The molecule has 2 N–H and O–H groups in total. The Morgan fingerprint density at radius 1 is 1.16 bits per heavy atom. The molecule has 1 amide bonds. The van der Waals surface area contributed by atoms with Crippen molar-refractivity contribution < 1.29 is 14.2 Å². The van der Waals surface area contributed by atoms with Gasteiger partial charge in [0.15, 0.2) is 0 Å². The molecule has 0 saturated carbocycles. The smallest absolute Gasteiger partial charge is 0.269 e. The zero-order valence-corrected chi connectivity index (χ0v) is 17.3. The number of pyridine rings is 1. The van der Waals surface area contributed by atoms with Crippen molar-refractivity contribution in [2.45, 2.75) is 32.7 Å². The molecule has 0 aliphatic carbocycles. The third-order valence-corrected chi connectivity index (χ3v) is 4.62. The van der Waals surface area contributed by atoms with Crippen LogP contribution in [0.3, 0.4) is 0 Å². The lowest BCUT2D eigenvalue weighted by Crippen LogP contribution is -2.32. The molecule has 0 spiro atoms. The van der Waals surface area contributed by atoms with Gasteiger partial charge in [-0.05, 0) is 36.6 Å². The van der Waals surface area contributed by atoms with Gasteiger partial charge in [0.2, 0.25) is 17.6 Å². The molecule has 3 rings (SSSR count). The Kier molecular flexibility index (Phi) is 7.26. The number of nitro groups is 1. The molecule has 0 fully saturated rings. The molecule has 3 aromatic rings. The van der Waals surface area contributed by atoms with Crippen LogP contribution >= 0.6 is 0 Å². The van der Waals surface area contributed by atoms with Gasteiger partial charge in [-0.25, -0.2) is 0 Å². The summed E-state index contributed by atoms with van der Waals surface area (Å²) >= 11 is 0. The molecule has 0 aliphatic rings. The summed E-state index contributed by atoms with van der Waals surface area (Å²) in [5.41, 5.74) is 1.59. The molecular weight excluding hydrogens is 400 g/mol. The van der Waals surface area contributed by atoms with Crippen LogP contribution in [0, 0.1) is 16.0 Å². The van der Waals surface area contributed by atoms with Crippen LogP contribution in [-0.4, -0.2) is 32.5 Å². The van der Waals surface area contributed by atoms with Gasteiger partial charge in [-0.2, -0.15) is 4.98 Å². The molecule has 162 valence electrons. The van der Waals surface area contributed by atoms with E-state index in [4.69, 9.17) is 4.52 Å². The van der Waals surface area contributed by atoms with E-state index in [1.54, 1.807) is 36.7 Å². The van der Waals surface area contributed by atoms with Gasteiger partial charge < -0.3 is 15.2 Å². The number of carbonyl (C=O) groups is 1. The fraction of sp³-hybridized carbons (Fsp3) is 0.333. The molecule has 0 aliphatic heterocycles. The highest BCUT2D eigenvalue weighted by molar-refractivity contribution is 5.76. The van der Waals surface area contributed by atoms with E-state index in [2.05, 4.69) is 25.8 Å². The minimum absolute atomic E-state index is 0.0396. The van der Waals surface area contributed by atoms with E-state index in [-0.39, 0.29) is 17.5 Å². The minimum atomic E-state index is -0.442. The van der Waals surface area contributed by atoms with Crippen molar-refractivity contribution >= 4 is 17.3 Å². The van der Waals surface area contributed by atoms with Crippen molar-refractivity contribution in [3.63, 3.8) is 0 Å². The predicted molar refractivity (Wildman–Crippen MR) is 114 cm³/mol. The number of aromatic nitrogens is 3. The number of benzene rings is 1. The van der Waals surface area contributed by atoms with Crippen LogP contribution in [0.1, 0.15) is 38.6 Å². The Morgan fingerprint density at radius 2 is 1.87 bits per heavy atom. The Hall–Kier alpha value is -3.82. The van der Waals surface area contributed by atoms with Gasteiger partial charge >= 0.3 is 0 Å². The second-order valence-corrected chi connectivity index (χ2v) is 7.32. The lowest BCUT2D eigenvalue weighted by atomic mass is 10.0. The van der Waals surface area contributed by atoms with Gasteiger partial charge in [0.1, 0.15) is 6.04 Å². The number of nitrogens with one attached hydrogen (secondary N) is 2. The first-order chi connectivity index (χ1) is 14.9. The van der Waals surface area contributed by atoms with Gasteiger partial charge in [-0.15, -0.1) is 0 Å². The predicted octanol–water partition coefficient (Wildman–Crippen LogP) is 3.75. The standard InChI is InChI=1S/C21H24N6O4/c1-14(2)19(21-25-20(26-31-21)15-9-12-22-13-10-15)24-18(28)4-3-11-23-16-5-7-17(8-6-16)27(29)30/h5-10,12-14,19,23H,3-4,11H2,1-2H3,(H,24,28). The quantitative estimate of drug-likeness (QED) is 0.285. The molecule has 10 nitrogen and oxygen atoms in total. The van der Waals surface area contributed by atoms with Gasteiger partial charge in [-0.3, -0.25) is 19.9 Å². The highest BCUT2D eigenvalue weighted by Gasteiger charge is 2.24. The average molecular weight is 424 g/mol. The average Bonchev–Trinajstić information content (AvgIpc) is 3.25. The summed E-state index contributed by atoms with van der Waals surface area (Å²) in [6.07, 6.45) is 4.21. The maximum atomic E-state index is 12.4. The van der Waals surface area contributed by atoms with Crippen molar-refractivity contribution in [3.8, 4) is 11.4 Å². The number of amides is 1. The first-order valence-electron chi connectivity index (χ1n) is 9.95. The summed E-state index contributed by atoms with van der Waals surface area (Å²) in [4.78, 5) is 31.1. The van der Waals surface area contributed by atoms with E-state index < -0.39 is 11.0 Å². The van der Waals surface area contributed by atoms with E-state index in [1.807, 2.05) is 13.8 Å². The maximum Gasteiger partial charge on any atom is 0.269 e. The number of nitrogens with zero attached hydrogens (tertiary/aromatic N) is 4. The topological polar surface area (TPSA) is 136 Å². The Morgan fingerprint density at radius 3 is 2.52 bits per heavy atom. The van der Waals surface area contributed by atoms with Gasteiger partial charge in [-0.1, -0.05) is 19.0 Å². The molecule has 10 heteroatoms. The Bertz CT molecular complexity index is 1000. The largest absolute Gasteiger partial charge is 0.385 e. The second-order valence-electron chi connectivity index (χ2n) is 7.32. The normalized spacial score (nSPS) is 11.8. The molecule has 2 aromatic heterocycles. The number of hydrogen-bond donors (Lipinski definition) is 2. The van der Waals surface area contributed by atoms with Crippen LogP contribution in [0.4, 0.5) is 11.4 Å². The molecule has 1 atom stereocenters. The van der Waals surface area contributed by atoms with Gasteiger partial charge in [0.25, 0.3) is 5.69 Å². The number of anilines is 1. The van der Waals surface area contributed by atoms with Crippen LogP contribution < -0.4 is 10.6 Å². The van der Waals surface area contributed by atoms with Crippen molar-refractivity contribution in [1.29, 1.82) is 0 Å². The lowest BCUT2D eigenvalue weighted by Gasteiger charge is -2.18. The van der Waals surface area contributed by atoms with Crippen LogP contribution in [-0.2, 0) is 4.79 Å². The Balaban J connectivity index is 1.49. The number of hydrogen-bond acceptors (Lipinski definition) is 8. The maximum absolute atomic E-state index is 12.4. The highest BCUT2D eigenvalue weighted by Crippen LogP contribution is 2.23. The highest BCUT2D eigenvalue weighted by atomic mass is 16.6. The first kappa shape index (κ1) is 21.9. The SMILES string of the molecule is CC(C)C(NC(=O)CCCNc1ccc([N+](=O)[O-])cc1)c1nc(-c2ccncc2)no1. The summed E-state index contributed by atoms with van der Waals surface area (Å²) in [6.45, 7) is 4.50. The fourth-order valence-corrected chi connectivity index (χ4v) is 2.92. The van der Waals surface area contributed by atoms with Crippen LogP contribution in [0.5, 0.6) is 0 Å². The van der Waals surface area contributed by atoms with Crippen molar-refractivity contribution in [1.82, 2.24) is 20.4 Å². The number of carbonyl (C=O) groups excluding carboxylic acids is 1. The zero-order valence-electron chi connectivity index (χ0n) is 17.3. The van der Waals surface area contributed by atoms with Crippen LogP contribution in [0.15, 0.2) is 53.3 Å². The molecule has 0 bridgehead atoms. The van der Waals surface area contributed by atoms with E-state index in [1.165, 1.54) is 12.1 Å². The van der Waals surface area contributed by atoms with Crippen molar-refractivity contribution in [2.24, 2.45) is 5.92 Å². The second kappa shape index (κ2) is 10.3. The van der Waals surface area contributed by atoms with E-state index in [9.17, 15) is 14.9 Å². The minimum Gasteiger partial charge on any atom is -0.385 e. The summed E-state index contributed by atoms with van der Waals surface area (Å²) in [6, 6.07) is 9.34. The molecule has 2 heterocycles. The third kappa shape index (κ3) is 6.08. The summed E-state index contributed by atoms with van der Waals surface area (Å²) in [7, 11) is 0. The molecule has 31 heavy (non-hydrogen) atoms. The molecule has 0 saturated heterocycles. The summed E-state index contributed by atoms with van der Waals surface area (Å²) in [5.74, 6) is 0.754. The van der Waals surface area contributed by atoms with E-state index in [0.717, 1.165) is 11.3 Å². The van der Waals surface area contributed by atoms with Crippen LogP contribution in [0.25, 0.3) is 11.4 Å². The van der Waals surface area contributed by atoms with Crippen molar-refractivity contribution in [3.05, 3.63) is 64.8 Å². The molecule has 0 radical (unpaired) electrons. The van der Waals surface area contributed by atoms with Gasteiger partial charge in [0.05, 0.1) is 4.92 Å². The fourth-order valence-electron chi connectivity index (χ4n) is 2.92. The van der Waals surface area contributed by atoms with Crippen LogP contribution in [0.2, 0.25) is 0 Å². The summed E-state index contributed by atoms with van der Waals surface area (Å²) in [5, 5.41) is 20.8. The molecular formula is C21H24N6O4. The Labute approximate surface area is 179 Å². The third-order valence-electron chi connectivity index (χ3n) is 4.62. The summed E-state index contributed by atoms with van der Waals surface area (Å²) < 4.78 is 5.40. The van der Waals surface area contributed by atoms with E-state index in [0.29, 0.717) is 31.1 Å². The van der Waals surface area contributed by atoms with E-state index >= 15 is 0 Å². The number of rotatable bonds is 10. The monoisotopic (exact) mass is 424 g/mol. The van der Waals surface area contributed by atoms with Crippen molar-refractivity contribution in [2.75, 3.05) is 11.9 Å². The lowest BCUT2D eigenvalue weighted by molar-refractivity contribution is -0.384. The first-order valence-corrected chi connectivity index (χ1v) is 9.95. The number of nitro benzene ring substituents is 1. The molecule has 1 aromatic carbocycles. The van der Waals surface area contributed by atoms with Gasteiger partial charge in [0, 0.05) is 48.7 Å². The zero-order chi connectivity index (χ0) is 22.2. The number of non-ortho nitro benzene ring substituents is 1.